The van der Waals surface area contributed by atoms with E-state index < -0.39 is 0 Å². The van der Waals surface area contributed by atoms with Crippen LogP contribution < -0.4 is 5.32 Å². The Hall–Kier alpha value is -1.86. The molecular weight excluding hydrogens is 394 g/mol. The molecule has 0 saturated heterocycles. The lowest BCUT2D eigenvalue weighted by molar-refractivity contribution is 0.0953. The van der Waals surface area contributed by atoms with E-state index in [1.54, 1.807) is 11.8 Å². The number of hydrogen-bond acceptors (Lipinski definition) is 5. The molecule has 1 N–H and O–H groups in total. The van der Waals surface area contributed by atoms with Crippen molar-refractivity contribution in [1.82, 2.24) is 25.0 Å². The number of amides is 1. The van der Waals surface area contributed by atoms with Gasteiger partial charge in [0.05, 0.1) is 0 Å². The average Bonchev–Trinajstić information content (AvgIpc) is 3.10. The molecule has 2 rings (SSSR count). The first kappa shape index (κ1) is 24.4. The van der Waals surface area contributed by atoms with E-state index >= 15 is 0 Å². The maximum Gasteiger partial charge on any atom is 0.251 e. The number of thioether (sulfide) groups is 1. The Bertz CT molecular complexity index is 785. The highest BCUT2D eigenvalue weighted by Gasteiger charge is 2.13. The summed E-state index contributed by atoms with van der Waals surface area (Å²) in [4.78, 5) is 14.9. The Morgan fingerprint density at radius 3 is 2.43 bits per heavy atom. The minimum absolute atomic E-state index is 0.0220. The van der Waals surface area contributed by atoms with Crippen LogP contribution in [0.4, 0.5) is 0 Å². The molecular formula is C23H37N5OS. The van der Waals surface area contributed by atoms with Crippen LogP contribution in [0.2, 0.25) is 0 Å². The highest BCUT2D eigenvalue weighted by Crippen LogP contribution is 2.16. The Morgan fingerprint density at radius 1 is 1.17 bits per heavy atom. The topological polar surface area (TPSA) is 63.1 Å². The van der Waals surface area contributed by atoms with E-state index in [4.69, 9.17) is 0 Å². The Balaban J connectivity index is 1.83. The first-order valence-corrected chi connectivity index (χ1v) is 12.1. The van der Waals surface area contributed by atoms with Crippen LogP contribution in [0.5, 0.6) is 0 Å². The molecule has 6 nitrogen and oxygen atoms in total. The Labute approximate surface area is 185 Å². The van der Waals surface area contributed by atoms with Crippen molar-refractivity contribution in [2.75, 3.05) is 19.3 Å². The van der Waals surface area contributed by atoms with Gasteiger partial charge in [-0.3, -0.25) is 9.69 Å². The molecule has 1 heterocycles. The van der Waals surface area contributed by atoms with Crippen LogP contribution in [-0.2, 0) is 19.5 Å². The first-order chi connectivity index (χ1) is 14.3. The van der Waals surface area contributed by atoms with Crippen LogP contribution in [0.15, 0.2) is 29.4 Å². The summed E-state index contributed by atoms with van der Waals surface area (Å²) in [5.41, 5.74) is 1.94. The largest absolute Gasteiger partial charge is 0.352 e. The summed E-state index contributed by atoms with van der Waals surface area (Å²) in [6, 6.07) is 8.46. The molecule has 2 aromatic rings. The van der Waals surface area contributed by atoms with Crippen molar-refractivity contribution < 1.29 is 4.79 Å². The van der Waals surface area contributed by atoms with Gasteiger partial charge in [0.25, 0.3) is 5.91 Å². The predicted octanol–water partition coefficient (Wildman–Crippen LogP) is 4.25. The summed E-state index contributed by atoms with van der Waals surface area (Å²) >= 11 is 1.62. The molecule has 30 heavy (non-hydrogen) atoms. The molecule has 0 radical (unpaired) electrons. The zero-order valence-electron chi connectivity index (χ0n) is 19.3. The molecule has 0 fully saturated rings. The van der Waals surface area contributed by atoms with Crippen molar-refractivity contribution in [2.24, 2.45) is 5.92 Å². The Kier molecular flexibility index (Phi) is 9.85. The zero-order chi connectivity index (χ0) is 22.1. The normalized spacial score (nSPS) is 11.6. The third kappa shape index (κ3) is 7.13. The summed E-state index contributed by atoms with van der Waals surface area (Å²) in [6.07, 6.45) is 3.68. The van der Waals surface area contributed by atoms with Gasteiger partial charge in [0.15, 0.2) is 5.16 Å². The fourth-order valence-corrected chi connectivity index (χ4v) is 3.93. The lowest BCUT2D eigenvalue weighted by atomic mass is 10.1. The number of nitrogens with one attached hydrogen (secondary N) is 1. The van der Waals surface area contributed by atoms with Gasteiger partial charge in [-0.05, 0) is 56.7 Å². The van der Waals surface area contributed by atoms with Crippen LogP contribution in [0.3, 0.4) is 0 Å². The number of benzene rings is 1. The number of aromatic nitrogens is 3. The molecule has 166 valence electrons. The monoisotopic (exact) mass is 431 g/mol. The van der Waals surface area contributed by atoms with E-state index in [2.05, 4.69) is 71.7 Å². The van der Waals surface area contributed by atoms with Crippen molar-refractivity contribution in [3.63, 3.8) is 0 Å². The molecule has 0 aliphatic heterocycles. The zero-order valence-corrected chi connectivity index (χ0v) is 20.1. The van der Waals surface area contributed by atoms with Gasteiger partial charge in [-0.2, -0.15) is 0 Å². The minimum atomic E-state index is -0.0220. The molecule has 0 saturated carbocycles. The van der Waals surface area contributed by atoms with E-state index in [0.717, 1.165) is 43.5 Å². The summed E-state index contributed by atoms with van der Waals surface area (Å²) in [5, 5.41) is 12.6. The third-order valence-corrected chi connectivity index (χ3v) is 5.79. The minimum Gasteiger partial charge on any atom is -0.352 e. The standard InChI is InChI=1S/C23H37N5OS/c1-7-27(18(4)5)16-19-10-12-20(13-11-19)22(29)24-14-8-9-21-25-26-23(30-6)28(21)15-17(2)3/h10-13,17-18H,7-9,14-16H2,1-6H3,(H,24,29). The lowest BCUT2D eigenvalue weighted by Gasteiger charge is -2.24. The fourth-order valence-electron chi connectivity index (χ4n) is 3.41. The summed E-state index contributed by atoms with van der Waals surface area (Å²) < 4.78 is 2.20. The maximum absolute atomic E-state index is 12.5. The SMILES string of the molecule is CCN(Cc1ccc(C(=O)NCCCc2nnc(SC)n2CC(C)C)cc1)C(C)C. The molecule has 0 spiro atoms. The third-order valence-electron chi connectivity index (χ3n) is 5.12. The first-order valence-electron chi connectivity index (χ1n) is 10.9. The van der Waals surface area contributed by atoms with E-state index in [1.807, 2.05) is 18.4 Å². The summed E-state index contributed by atoms with van der Waals surface area (Å²) in [7, 11) is 0. The molecule has 0 unspecified atom stereocenters. The van der Waals surface area contributed by atoms with Crippen LogP contribution in [0, 0.1) is 5.92 Å². The van der Waals surface area contributed by atoms with Crippen molar-refractivity contribution in [2.45, 2.75) is 71.7 Å². The van der Waals surface area contributed by atoms with E-state index in [-0.39, 0.29) is 5.91 Å². The number of nitrogens with zero attached hydrogens (tertiary/aromatic N) is 4. The number of carbonyl (C=O) groups excluding carboxylic acids is 1. The number of rotatable bonds is 12. The smallest absolute Gasteiger partial charge is 0.251 e. The van der Waals surface area contributed by atoms with Crippen molar-refractivity contribution in [3.8, 4) is 0 Å². The van der Waals surface area contributed by atoms with Gasteiger partial charge >= 0.3 is 0 Å². The molecule has 1 aromatic heterocycles. The van der Waals surface area contributed by atoms with Crippen LogP contribution in [-0.4, -0.2) is 51.0 Å². The number of hydrogen-bond donors (Lipinski definition) is 1. The highest BCUT2D eigenvalue weighted by atomic mass is 32.2. The highest BCUT2D eigenvalue weighted by molar-refractivity contribution is 7.98. The molecule has 1 amide bonds. The molecule has 0 aliphatic rings. The second-order valence-electron chi connectivity index (χ2n) is 8.32. The van der Waals surface area contributed by atoms with E-state index in [1.165, 1.54) is 5.56 Å². The quantitative estimate of drug-likeness (QED) is 0.402. The lowest BCUT2D eigenvalue weighted by Crippen LogP contribution is -2.30. The second-order valence-corrected chi connectivity index (χ2v) is 9.09. The predicted molar refractivity (Wildman–Crippen MR) is 125 cm³/mol. The van der Waals surface area contributed by atoms with Gasteiger partial charge in [-0.1, -0.05) is 44.7 Å². The Morgan fingerprint density at radius 2 is 1.87 bits per heavy atom. The van der Waals surface area contributed by atoms with Gasteiger partial charge in [0, 0.05) is 37.7 Å². The number of carbonyl (C=O) groups is 1. The fraction of sp³-hybridized carbons (Fsp3) is 0.609. The molecule has 1 aromatic carbocycles. The summed E-state index contributed by atoms with van der Waals surface area (Å²) in [6.45, 7) is 14.5. The van der Waals surface area contributed by atoms with Crippen LogP contribution in [0.25, 0.3) is 0 Å². The van der Waals surface area contributed by atoms with Gasteiger partial charge in [0.2, 0.25) is 0 Å². The van der Waals surface area contributed by atoms with Gasteiger partial charge in [0.1, 0.15) is 5.82 Å². The van der Waals surface area contributed by atoms with Gasteiger partial charge in [-0.15, -0.1) is 10.2 Å². The maximum atomic E-state index is 12.5. The van der Waals surface area contributed by atoms with Crippen LogP contribution >= 0.6 is 11.8 Å². The van der Waals surface area contributed by atoms with Crippen molar-refractivity contribution >= 4 is 17.7 Å². The molecule has 7 heteroatoms. The van der Waals surface area contributed by atoms with Crippen LogP contribution in [0.1, 0.15) is 62.8 Å². The van der Waals surface area contributed by atoms with Crippen molar-refractivity contribution in [3.05, 3.63) is 41.2 Å². The summed E-state index contributed by atoms with van der Waals surface area (Å²) in [5.74, 6) is 1.52. The van der Waals surface area contributed by atoms with Crippen molar-refractivity contribution in [1.29, 1.82) is 0 Å². The number of aryl methyl sites for hydroxylation is 1. The molecule has 0 aliphatic carbocycles. The van der Waals surface area contributed by atoms with Gasteiger partial charge in [-0.25, -0.2) is 0 Å². The second kappa shape index (κ2) is 12.1. The van der Waals surface area contributed by atoms with Gasteiger partial charge < -0.3 is 9.88 Å². The van der Waals surface area contributed by atoms with E-state index in [0.29, 0.717) is 24.1 Å². The molecule has 0 atom stereocenters. The molecule has 0 bridgehead atoms. The van der Waals surface area contributed by atoms with E-state index in [9.17, 15) is 4.79 Å². The average molecular weight is 432 g/mol.